The van der Waals surface area contributed by atoms with Crippen LogP contribution in [0.3, 0.4) is 0 Å². The minimum absolute atomic E-state index is 0.389. The summed E-state index contributed by atoms with van der Waals surface area (Å²) in [6, 6.07) is 0. The number of alkyl halides is 1. The standard InChI is InChI=1S/C19H38INO7/c20-3-6-22-7-8-23-9-10-24-11-12-25-13-14-26-15-16-27-17-18-28-19-1-4-21-5-2-19/h19,21H,1-18H2. The van der Waals surface area contributed by atoms with Crippen molar-refractivity contribution in [3.63, 3.8) is 0 Å². The van der Waals surface area contributed by atoms with Crippen molar-refractivity contribution in [2.75, 3.05) is 103 Å². The zero-order valence-electron chi connectivity index (χ0n) is 17.0. The largest absolute Gasteiger partial charge is 0.378 e. The van der Waals surface area contributed by atoms with Crippen LogP contribution in [0.4, 0.5) is 0 Å². The van der Waals surface area contributed by atoms with Crippen LogP contribution in [0.5, 0.6) is 0 Å². The fraction of sp³-hybridized carbons (Fsp3) is 1.00. The fourth-order valence-corrected chi connectivity index (χ4v) is 2.80. The molecular weight excluding hydrogens is 481 g/mol. The number of nitrogens with one attached hydrogen (secondary N) is 1. The van der Waals surface area contributed by atoms with Crippen molar-refractivity contribution in [2.45, 2.75) is 18.9 Å². The molecule has 1 aliphatic heterocycles. The first-order valence-electron chi connectivity index (χ1n) is 10.3. The SMILES string of the molecule is ICCOCCOCCOCCOCCOCCOCCOC1CCNCC1. The van der Waals surface area contributed by atoms with Gasteiger partial charge in [0.2, 0.25) is 0 Å². The summed E-state index contributed by atoms with van der Waals surface area (Å²) < 4.78 is 39.3. The number of rotatable bonds is 21. The second-order valence-electron chi connectivity index (χ2n) is 6.18. The molecule has 1 saturated heterocycles. The van der Waals surface area contributed by atoms with E-state index < -0.39 is 0 Å². The van der Waals surface area contributed by atoms with Crippen LogP contribution in [0.25, 0.3) is 0 Å². The summed E-state index contributed by atoms with van der Waals surface area (Å²) in [7, 11) is 0. The predicted molar refractivity (Wildman–Crippen MR) is 116 cm³/mol. The Bertz CT molecular complexity index is 310. The molecule has 1 N–H and O–H groups in total. The molecule has 0 saturated carbocycles. The molecule has 0 atom stereocenters. The maximum absolute atomic E-state index is 5.76. The monoisotopic (exact) mass is 519 g/mol. The van der Waals surface area contributed by atoms with Crippen molar-refractivity contribution in [1.29, 1.82) is 0 Å². The number of ether oxygens (including phenoxy) is 7. The third-order valence-electron chi connectivity index (χ3n) is 3.95. The van der Waals surface area contributed by atoms with Gasteiger partial charge < -0.3 is 38.5 Å². The summed E-state index contributed by atoms with van der Waals surface area (Å²) in [5, 5.41) is 3.32. The van der Waals surface area contributed by atoms with Gasteiger partial charge >= 0.3 is 0 Å². The second kappa shape index (κ2) is 22.1. The van der Waals surface area contributed by atoms with Gasteiger partial charge in [-0.25, -0.2) is 0 Å². The van der Waals surface area contributed by atoms with Crippen molar-refractivity contribution in [3.05, 3.63) is 0 Å². The molecule has 0 aliphatic carbocycles. The lowest BCUT2D eigenvalue weighted by Crippen LogP contribution is -2.33. The van der Waals surface area contributed by atoms with Gasteiger partial charge in [-0.1, -0.05) is 22.6 Å². The Kier molecular flexibility index (Phi) is 20.9. The number of hydrogen-bond acceptors (Lipinski definition) is 8. The summed E-state index contributed by atoms with van der Waals surface area (Å²) in [5.41, 5.74) is 0. The van der Waals surface area contributed by atoms with Crippen LogP contribution in [0.2, 0.25) is 0 Å². The Labute approximate surface area is 183 Å². The molecule has 1 aliphatic rings. The van der Waals surface area contributed by atoms with Gasteiger partial charge in [0.05, 0.1) is 92.0 Å². The molecule has 0 spiro atoms. The highest BCUT2D eigenvalue weighted by Gasteiger charge is 2.12. The molecule has 0 unspecified atom stereocenters. The smallest absolute Gasteiger partial charge is 0.0704 e. The first-order chi connectivity index (χ1) is 13.9. The van der Waals surface area contributed by atoms with Gasteiger partial charge in [-0.15, -0.1) is 0 Å². The van der Waals surface area contributed by atoms with Crippen LogP contribution >= 0.6 is 22.6 Å². The van der Waals surface area contributed by atoms with Gasteiger partial charge in [-0.2, -0.15) is 0 Å². The average Bonchev–Trinajstić information content (AvgIpc) is 2.73. The zero-order chi connectivity index (χ0) is 20.0. The first-order valence-corrected chi connectivity index (χ1v) is 11.8. The summed E-state index contributed by atoms with van der Waals surface area (Å²) in [5.74, 6) is 0. The molecule has 0 bridgehead atoms. The third kappa shape index (κ3) is 18.4. The fourth-order valence-electron chi connectivity index (χ4n) is 2.49. The Balaban J connectivity index is 1.64. The van der Waals surface area contributed by atoms with Gasteiger partial charge in [-0.05, 0) is 25.9 Å². The predicted octanol–water partition coefficient (Wildman–Crippen LogP) is 1.29. The van der Waals surface area contributed by atoms with E-state index in [2.05, 4.69) is 27.9 Å². The Morgan fingerprint density at radius 1 is 0.536 bits per heavy atom. The van der Waals surface area contributed by atoms with Gasteiger partial charge in [0.25, 0.3) is 0 Å². The van der Waals surface area contributed by atoms with E-state index in [0.717, 1.165) is 37.0 Å². The second-order valence-corrected chi connectivity index (χ2v) is 7.26. The molecule has 8 nitrogen and oxygen atoms in total. The van der Waals surface area contributed by atoms with Crippen LogP contribution < -0.4 is 5.32 Å². The van der Waals surface area contributed by atoms with Gasteiger partial charge in [0.1, 0.15) is 0 Å². The minimum atomic E-state index is 0.389. The van der Waals surface area contributed by atoms with Crippen LogP contribution in [0.1, 0.15) is 12.8 Å². The maximum Gasteiger partial charge on any atom is 0.0704 e. The summed E-state index contributed by atoms with van der Waals surface area (Å²) in [6.07, 6.45) is 2.58. The van der Waals surface area contributed by atoms with Crippen LogP contribution in [-0.2, 0) is 33.2 Å². The van der Waals surface area contributed by atoms with Gasteiger partial charge in [-0.3, -0.25) is 0 Å². The molecule has 1 fully saturated rings. The summed E-state index contributed by atoms with van der Waals surface area (Å²) in [6.45, 7) is 9.99. The molecule has 0 aromatic rings. The highest BCUT2D eigenvalue weighted by atomic mass is 127. The van der Waals surface area contributed by atoms with Crippen molar-refractivity contribution in [1.82, 2.24) is 5.32 Å². The Morgan fingerprint density at radius 2 is 0.893 bits per heavy atom. The number of hydrogen-bond donors (Lipinski definition) is 1. The molecular formula is C19H38INO7. The highest BCUT2D eigenvalue weighted by molar-refractivity contribution is 14.1. The molecule has 9 heteroatoms. The van der Waals surface area contributed by atoms with E-state index in [9.17, 15) is 0 Å². The van der Waals surface area contributed by atoms with E-state index in [1.807, 2.05) is 0 Å². The van der Waals surface area contributed by atoms with E-state index >= 15 is 0 Å². The van der Waals surface area contributed by atoms with Crippen LogP contribution in [0, 0.1) is 0 Å². The van der Waals surface area contributed by atoms with Gasteiger partial charge in [0.15, 0.2) is 0 Å². The van der Waals surface area contributed by atoms with E-state index in [0.29, 0.717) is 85.4 Å². The lowest BCUT2D eigenvalue weighted by Gasteiger charge is -2.22. The molecule has 1 heterocycles. The van der Waals surface area contributed by atoms with E-state index in [4.69, 9.17) is 33.2 Å². The molecule has 1 rings (SSSR count). The van der Waals surface area contributed by atoms with E-state index in [1.54, 1.807) is 0 Å². The summed E-state index contributed by atoms with van der Waals surface area (Å²) >= 11 is 2.28. The van der Waals surface area contributed by atoms with E-state index in [1.165, 1.54) is 0 Å². The third-order valence-corrected chi connectivity index (χ3v) is 4.39. The van der Waals surface area contributed by atoms with Crippen molar-refractivity contribution < 1.29 is 33.2 Å². The van der Waals surface area contributed by atoms with Crippen molar-refractivity contribution in [2.24, 2.45) is 0 Å². The topological polar surface area (TPSA) is 76.6 Å². The van der Waals surface area contributed by atoms with E-state index in [-0.39, 0.29) is 0 Å². The summed E-state index contributed by atoms with van der Waals surface area (Å²) in [4.78, 5) is 0. The molecule has 0 aromatic heterocycles. The van der Waals surface area contributed by atoms with Crippen LogP contribution in [0.15, 0.2) is 0 Å². The van der Waals surface area contributed by atoms with Crippen molar-refractivity contribution in [3.8, 4) is 0 Å². The molecule has 0 aromatic carbocycles. The zero-order valence-corrected chi connectivity index (χ0v) is 19.2. The normalized spacial score (nSPS) is 15.3. The molecule has 28 heavy (non-hydrogen) atoms. The lowest BCUT2D eigenvalue weighted by molar-refractivity contribution is -0.0305. The molecule has 0 radical (unpaired) electrons. The van der Waals surface area contributed by atoms with Crippen molar-refractivity contribution >= 4 is 22.6 Å². The first kappa shape index (κ1) is 26.4. The highest BCUT2D eigenvalue weighted by Crippen LogP contribution is 2.06. The molecule has 0 amide bonds. The maximum atomic E-state index is 5.76. The average molecular weight is 519 g/mol. The Hall–Kier alpha value is 0.410. The number of piperidine rings is 1. The Morgan fingerprint density at radius 3 is 1.29 bits per heavy atom. The number of halogens is 1. The lowest BCUT2D eigenvalue weighted by atomic mass is 10.1. The van der Waals surface area contributed by atoms with Crippen LogP contribution in [-0.4, -0.2) is 110 Å². The minimum Gasteiger partial charge on any atom is -0.378 e. The van der Waals surface area contributed by atoms with Gasteiger partial charge in [0, 0.05) is 4.43 Å². The quantitative estimate of drug-likeness (QED) is 0.138. The molecule has 168 valence electrons.